The van der Waals surface area contributed by atoms with Gasteiger partial charge in [-0.25, -0.2) is 0 Å². The van der Waals surface area contributed by atoms with E-state index in [0.29, 0.717) is 0 Å². The van der Waals surface area contributed by atoms with Gasteiger partial charge in [0, 0.05) is 5.56 Å². The highest BCUT2D eigenvalue weighted by atomic mass is 16.6. The highest BCUT2D eigenvalue weighted by Crippen LogP contribution is 2.22. The molecule has 1 heterocycles. The third-order valence-electron chi connectivity index (χ3n) is 2.81. The molecule has 2 aromatic rings. The molecule has 0 radical (unpaired) electrons. The highest BCUT2D eigenvalue weighted by Gasteiger charge is 2.23. The molecule has 114 valence electrons. The molecular weight excluding hydrogens is 294 g/mol. The number of anilines is 2. The zero-order valence-corrected chi connectivity index (χ0v) is 11.1. The van der Waals surface area contributed by atoms with Crippen molar-refractivity contribution in [3.05, 3.63) is 45.8 Å². The van der Waals surface area contributed by atoms with E-state index in [1.807, 2.05) is 0 Å². The van der Waals surface area contributed by atoms with E-state index < -0.39 is 28.9 Å². The van der Waals surface area contributed by atoms with Crippen LogP contribution in [0.25, 0.3) is 0 Å². The second-order valence-electron chi connectivity index (χ2n) is 4.22. The van der Waals surface area contributed by atoms with Crippen molar-refractivity contribution in [3.8, 4) is 0 Å². The largest absolute Gasteiger partial charge is 0.397 e. The first kappa shape index (κ1) is 15.1. The van der Waals surface area contributed by atoms with E-state index in [-0.39, 0.29) is 22.6 Å². The molecule has 0 aliphatic carbocycles. The van der Waals surface area contributed by atoms with Crippen molar-refractivity contribution in [3.63, 3.8) is 0 Å². The number of benzene rings is 1. The van der Waals surface area contributed by atoms with Gasteiger partial charge in [0.25, 0.3) is 5.91 Å². The van der Waals surface area contributed by atoms with E-state index in [9.17, 15) is 19.7 Å². The number of nitrogens with one attached hydrogen (secondary N) is 2. The Hall–Kier alpha value is -3.27. The van der Waals surface area contributed by atoms with Gasteiger partial charge in [-0.3, -0.25) is 24.8 Å². The molecule has 0 fully saturated rings. The molecule has 1 amide bonds. The summed E-state index contributed by atoms with van der Waals surface area (Å²) >= 11 is 0. The summed E-state index contributed by atoms with van der Waals surface area (Å²) in [7, 11) is 0. The van der Waals surface area contributed by atoms with Crippen molar-refractivity contribution in [1.29, 1.82) is 0 Å². The summed E-state index contributed by atoms with van der Waals surface area (Å²) in [4.78, 5) is 33.3. The minimum Gasteiger partial charge on any atom is -0.397 e. The van der Waals surface area contributed by atoms with Gasteiger partial charge in [0.1, 0.15) is 12.8 Å². The number of H-pyrrole nitrogens is 1. The van der Waals surface area contributed by atoms with Gasteiger partial charge in [-0.1, -0.05) is 0 Å². The van der Waals surface area contributed by atoms with E-state index in [4.69, 9.17) is 10.8 Å². The third kappa shape index (κ3) is 2.91. The molecular formula is C12H11N5O5. The van der Waals surface area contributed by atoms with Crippen LogP contribution in [0, 0.1) is 10.1 Å². The minimum atomic E-state index is -0.794. The average Bonchev–Trinajstić information content (AvgIpc) is 2.98. The fourth-order valence-corrected chi connectivity index (χ4v) is 1.71. The van der Waals surface area contributed by atoms with Crippen molar-refractivity contribution < 1.29 is 19.6 Å². The van der Waals surface area contributed by atoms with E-state index in [1.54, 1.807) is 0 Å². The van der Waals surface area contributed by atoms with E-state index >= 15 is 0 Å². The van der Waals surface area contributed by atoms with Crippen molar-refractivity contribution in [2.45, 2.75) is 0 Å². The number of hydrogen-bond acceptors (Lipinski definition) is 7. The molecule has 0 aliphatic heterocycles. The van der Waals surface area contributed by atoms with Gasteiger partial charge in [-0.2, -0.15) is 5.10 Å². The third-order valence-corrected chi connectivity index (χ3v) is 2.81. The standard InChI is InChI=1S/C12H11N5O5/c13-7-3-6(10(19)5-18)1-2-8(7)15-12(20)11-9(17(21)22)4-14-16-11/h1-4,18H,5,13H2,(H,14,16)(H,15,20). The number of aliphatic hydroxyl groups is 1. The van der Waals surface area contributed by atoms with Crippen LogP contribution in [0.5, 0.6) is 0 Å². The quantitative estimate of drug-likeness (QED) is 0.267. The van der Waals surface area contributed by atoms with Gasteiger partial charge in [0.15, 0.2) is 5.78 Å². The predicted molar refractivity (Wildman–Crippen MR) is 75.5 cm³/mol. The summed E-state index contributed by atoms with van der Waals surface area (Å²) in [6.45, 7) is -0.661. The number of ketones is 1. The summed E-state index contributed by atoms with van der Waals surface area (Å²) in [6, 6.07) is 4.01. The lowest BCUT2D eigenvalue weighted by Crippen LogP contribution is -2.15. The lowest BCUT2D eigenvalue weighted by Gasteiger charge is -2.08. The molecule has 1 aromatic carbocycles. The number of nitrogens with two attached hydrogens (primary N) is 1. The molecule has 0 spiro atoms. The summed E-state index contributed by atoms with van der Waals surface area (Å²) in [5, 5.41) is 27.6. The highest BCUT2D eigenvalue weighted by molar-refractivity contribution is 6.07. The molecule has 5 N–H and O–H groups in total. The maximum Gasteiger partial charge on any atom is 0.319 e. The van der Waals surface area contributed by atoms with Crippen LogP contribution in [-0.2, 0) is 0 Å². The topological polar surface area (TPSA) is 164 Å². The molecule has 0 bridgehead atoms. The zero-order valence-electron chi connectivity index (χ0n) is 11.1. The SMILES string of the molecule is Nc1cc(C(=O)CO)ccc1NC(=O)c1[nH]ncc1[N+](=O)[O-]. The Labute approximate surface area is 123 Å². The fraction of sp³-hybridized carbons (Fsp3) is 0.0833. The summed E-state index contributed by atoms with van der Waals surface area (Å²) in [5.41, 5.74) is 5.35. The van der Waals surface area contributed by atoms with Crippen LogP contribution >= 0.6 is 0 Å². The van der Waals surface area contributed by atoms with Crippen molar-refractivity contribution in [2.24, 2.45) is 0 Å². The number of nitrogen functional groups attached to an aromatic ring is 1. The van der Waals surface area contributed by atoms with Gasteiger partial charge in [-0.05, 0) is 18.2 Å². The number of aliphatic hydroxyl groups excluding tert-OH is 1. The number of amides is 1. The Morgan fingerprint density at radius 2 is 2.18 bits per heavy atom. The maximum absolute atomic E-state index is 12.0. The van der Waals surface area contributed by atoms with Crippen LogP contribution in [0.1, 0.15) is 20.8 Å². The Balaban J connectivity index is 2.24. The van der Waals surface area contributed by atoms with Gasteiger partial charge in [0.05, 0.1) is 16.3 Å². The lowest BCUT2D eigenvalue weighted by molar-refractivity contribution is -0.385. The second-order valence-corrected chi connectivity index (χ2v) is 4.22. The predicted octanol–water partition coefficient (Wildman–Crippen LogP) is 0.327. The van der Waals surface area contributed by atoms with Crippen LogP contribution in [0.2, 0.25) is 0 Å². The summed E-state index contributed by atoms with van der Waals surface area (Å²) in [5.74, 6) is -1.31. The molecule has 0 aliphatic rings. The van der Waals surface area contributed by atoms with E-state index in [1.165, 1.54) is 18.2 Å². The number of carbonyl (C=O) groups is 2. The van der Waals surface area contributed by atoms with Crippen LogP contribution < -0.4 is 11.1 Å². The molecule has 2 rings (SSSR count). The van der Waals surface area contributed by atoms with Crippen molar-refractivity contribution >= 4 is 28.8 Å². The molecule has 0 saturated heterocycles. The number of nitro groups is 1. The zero-order chi connectivity index (χ0) is 16.3. The van der Waals surface area contributed by atoms with Crippen molar-refractivity contribution in [2.75, 3.05) is 17.7 Å². The Kier molecular flexibility index (Phi) is 4.13. The van der Waals surface area contributed by atoms with Gasteiger partial charge >= 0.3 is 5.69 Å². The second kappa shape index (κ2) is 6.01. The first-order valence-electron chi connectivity index (χ1n) is 5.96. The lowest BCUT2D eigenvalue weighted by atomic mass is 10.1. The number of hydrogen-bond donors (Lipinski definition) is 4. The number of aromatic nitrogens is 2. The van der Waals surface area contributed by atoms with Gasteiger partial charge < -0.3 is 16.2 Å². The maximum atomic E-state index is 12.0. The van der Waals surface area contributed by atoms with E-state index in [2.05, 4.69) is 15.5 Å². The number of aromatic amines is 1. The number of rotatable bonds is 5. The first-order valence-corrected chi connectivity index (χ1v) is 5.96. The monoisotopic (exact) mass is 305 g/mol. The number of nitrogens with zero attached hydrogens (tertiary/aromatic N) is 2. The molecule has 10 heteroatoms. The molecule has 0 atom stereocenters. The molecule has 1 aromatic heterocycles. The Morgan fingerprint density at radius 1 is 1.45 bits per heavy atom. The number of Topliss-reactive ketones (excluding diaryl/α,β-unsaturated/α-hetero) is 1. The molecule has 0 unspecified atom stereocenters. The van der Waals surface area contributed by atoms with Gasteiger partial charge in [0.2, 0.25) is 5.69 Å². The van der Waals surface area contributed by atoms with Crippen LogP contribution in [-0.4, -0.2) is 38.5 Å². The smallest absolute Gasteiger partial charge is 0.319 e. The molecule has 10 nitrogen and oxygen atoms in total. The van der Waals surface area contributed by atoms with Crippen LogP contribution in [0.4, 0.5) is 17.1 Å². The van der Waals surface area contributed by atoms with Gasteiger partial charge in [-0.15, -0.1) is 0 Å². The fourth-order valence-electron chi connectivity index (χ4n) is 1.71. The number of carbonyl (C=O) groups excluding carboxylic acids is 2. The average molecular weight is 305 g/mol. The van der Waals surface area contributed by atoms with Crippen LogP contribution in [0.3, 0.4) is 0 Å². The summed E-state index contributed by atoms with van der Waals surface area (Å²) < 4.78 is 0. The van der Waals surface area contributed by atoms with Crippen molar-refractivity contribution in [1.82, 2.24) is 10.2 Å². The molecule has 0 saturated carbocycles. The molecule has 22 heavy (non-hydrogen) atoms. The van der Waals surface area contributed by atoms with E-state index in [0.717, 1.165) is 6.20 Å². The normalized spacial score (nSPS) is 10.2. The first-order chi connectivity index (χ1) is 10.4. The Morgan fingerprint density at radius 3 is 2.77 bits per heavy atom. The summed E-state index contributed by atoms with van der Waals surface area (Å²) in [6.07, 6.45) is 0.918. The minimum absolute atomic E-state index is 0.0785. The van der Waals surface area contributed by atoms with Crippen LogP contribution in [0.15, 0.2) is 24.4 Å². The Bertz CT molecular complexity index is 754.